The third-order valence-corrected chi connectivity index (χ3v) is 3.69. The molecule has 5 heteroatoms. The second-order valence-electron chi connectivity index (χ2n) is 3.91. The number of anilines is 1. The highest BCUT2D eigenvalue weighted by Gasteiger charge is 2.09. The molecule has 2 heterocycles. The van der Waals surface area contributed by atoms with E-state index in [1.807, 2.05) is 30.0 Å². The van der Waals surface area contributed by atoms with Crippen LogP contribution in [0.15, 0.2) is 36.1 Å². The van der Waals surface area contributed by atoms with Crippen LogP contribution in [0, 0.1) is 0 Å². The van der Waals surface area contributed by atoms with Crippen molar-refractivity contribution in [3.8, 4) is 0 Å². The monoisotopic (exact) mass is 244 g/mol. The second-order valence-corrected chi connectivity index (χ2v) is 4.83. The first-order chi connectivity index (χ1) is 8.34. The minimum atomic E-state index is 0.247. The molecule has 1 aromatic carbocycles. The average molecular weight is 244 g/mol. The Morgan fingerprint density at radius 2 is 2.29 bits per heavy atom. The summed E-state index contributed by atoms with van der Waals surface area (Å²) in [5.74, 6) is 0. The van der Waals surface area contributed by atoms with Gasteiger partial charge in [0.05, 0.1) is 29.0 Å². The predicted molar refractivity (Wildman–Crippen MR) is 70.2 cm³/mol. The van der Waals surface area contributed by atoms with Crippen molar-refractivity contribution in [2.45, 2.75) is 13.0 Å². The number of aromatic amines is 1. The smallest absolute Gasteiger partial charge is 0.0881 e. The van der Waals surface area contributed by atoms with Crippen molar-refractivity contribution in [1.82, 2.24) is 15.2 Å². The van der Waals surface area contributed by atoms with Gasteiger partial charge < -0.3 is 5.32 Å². The standard InChI is InChI=1S/C12H12N4S/c1-8(11-6-13-7-17-11)15-10-4-2-3-9-5-14-16-12(9)10/h2-8,15H,1H3,(H,14,16). The fourth-order valence-electron chi connectivity index (χ4n) is 1.83. The summed E-state index contributed by atoms with van der Waals surface area (Å²) >= 11 is 1.66. The molecule has 2 aromatic heterocycles. The molecule has 0 saturated carbocycles. The third-order valence-electron chi connectivity index (χ3n) is 2.73. The molecule has 0 bridgehead atoms. The maximum absolute atomic E-state index is 4.10. The maximum Gasteiger partial charge on any atom is 0.0881 e. The number of fused-ring (bicyclic) bond motifs is 1. The van der Waals surface area contributed by atoms with E-state index in [1.54, 1.807) is 11.3 Å². The molecule has 2 N–H and O–H groups in total. The number of aromatic nitrogens is 3. The van der Waals surface area contributed by atoms with Crippen molar-refractivity contribution in [2.75, 3.05) is 5.32 Å². The predicted octanol–water partition coefficient (Wildman–Crippen LogP) is 3.19. The minimum Gasteiger partial charge on any atom is -0.376 e. The van der Waals surface area contributed by atoms with Crippen LogP contribution in [0.3, 0.4) is 0 Å². The van der Waals surface area contributed by atoms with Crippen molar-refractivity contribution >= 4 is 27.9 Å². The molecule has 0 aliphatic rings. The van der Waals surface area contributed by atoms with E-state index in [-0.39, 0.29) is 6.04 Å². The van der Waals surface area contributed by atoms with E-state index in [0.29, 0.717) is 0 Å². The van der Waals surface area contributed by atoms with Crippen LogP contribution in [0.5, 0.6) is 0 Å². The second kappa shape index (κ2) is 4.18. The van der Waals surface area contributed by atoms with Crippen LogP contribution in [0.1, 0.15) is 17.8 Å². The molecule has 0 saturated heterocycles. The molecule has 0 spiro atoms. The highest BCUT2D eigenvalue weighted by Crippen LogP contribution is 2.26. The van der Waals surface area contributed by atoms with Gasteiger partial charge in [-0.05, 0) is 13.0 Å². The number of benzene rings is 1. The quantitative estimate of drug-likeness (QED) is 0.744. The summed E-state index contributed by atoms with van der Waals surface area (Å²) in [5, 5.41) is 11.7. The third kappa shape index (κ3) is 1.89. The van der Waals surface area contributed by atoms with Crippen LogP contribution in [-0.4, -0.2) is 15.2 Å². The number of hydrogen-bond acceptors (Lipinski definition) is 4. The molecular formula is C12H12N4S. The summed E-state index contributed by atoms with van der Waals surface area (Å²) in [7, 11) is 0. The molecule has 0 aliphatic carbocycles. The largest absolute Gasteiger partial charge is 0.376 e. The zero-order chi connectivity index (χ0) is 11.7. The molecule has 0 fully saturated rings. The van der Waals surface area contributed by atoms with Crippen LogP contribution in [0.2, 0.25) is 0 Å². The molecule has 0 radical (unpaired) electrons. The van der Waals surface area contributed by atoms with E-state index in [9.17, 15) is 0 Å². The van der Waals surface area contributed by atoms with Crippen LogP contribution in [0.4, 0.5) is 5.69 Å². The minimum absolute atomic E-state index is 0.247. The zero-order valence-electron chi connectivity index (χ0n) is 9.34. The van der Waals surface area contributed by atoms with Gasteiger partial charge in [-0.3, -0.25) is 10.1 Å². The average Bonchev–Trinajstić information content (AvgIpc) is 3.00. The van der Waals surface area contributed by atoms with Crippen molar-refractivity contribution < 1.29 is 0 Å². The maximum atomic E-state index is 4.10. The van der Waals surface area contributed by atoms with E-state index in [1.165, 1.54) is 4.88 Å². The fourth-order valence-corrected chi connectivity index (χ4v) is 2.46. The Morgan fingerprint density at radius 3 is 3.12 bits per heavy atom. The lowest BCUT2D eigenvalue weighted by Crippen LogP contribution is -2.05. The Bertz CT molecular complexity index is 614. The Balaban J connectivity index is 1.92. The van der Waals surface area contributed by atoms with Crippen molar-refractivity contribution in [3.05, 3.63) is 41.0 Å². The molecule has 17 heavy (non-hydrogen) atoms. The zero-order valence-corrected chi connectivity index (χ0v) is 10.2. The summed E-state index contributed by atoms with van der Waals surface area (Å²) in [6.45, 7) is 2.13. The van der Waals surface area contributed by atoms with E-state index in [0.717, 1.165) is 16.6 Å². The first kappa shape index (κ1) is 10.3. The van der Waals surface area contributed by atoms with Gasteiger partial charge in [0, 0.05) is 16.5 Å². The van der Waals surface area contributed by atoms with Crippen molar-refractivity contribution in [3.63, 3.8) is 0 Å². The molecule has 1 atom stereocenters. The number of thiazole rings is 1. The normalized spacial score (nSPS) is 12.8. The number of para-hydroxylation sites is 1. The number of rotatable bonds is 3. The van der Waals surface area contributed by atoms with Gasteiger partial charge in [0.1, 0.15) is 0 Å². The van der Waals surface area contributed by atoms with Gasteiger partial charge in [-0.1, -0.05) is 12.1 Å². The van der Waals surface area contributed by atoms with E-state index in [2.05, 4.69) is 33.5 Å². The molecule has 86 valence electrons. The lowest BCUT2D eigenvalue weighted by Gasteiger charge is -2.13. The Morgan fingerprint density at radius 1 is 1.35 bits per heavy atom. The van der Waals surface area contributed by atoms with Crippen LogP contribution < -0.4 is 5.32 Å². The van der Waals surface area contributed by atoms with Gasteiger partial charge in [0.2, 0.25) is 0 Å². The summed E-state index contributed by atoms with van der Waals surface area (Å²) in [5.41, 5.74) is 3.97. The number of nitrogens with one attached hydrogen (secondary N) is 2. The SMILES string of the molecule is CC(Nc1cccc2cn[nH]c12)c1cncs1. The van der Waals surface area contributed by atoms with Gasteiger partial charge >= 0.3 is 0 Å². The molecule has 0 amide bonds. The van der Waals surface area contributed by atoms with Crippen molar-refractivity contribution in [1.29, 1.82) is 0 Å². The fraction of sp³-hybridized carbons (Fsp3) is 0.167. The lowest BCUT2D eigenvalue weighted by molar-refractivity contribution is 0.904. The van der Waals surface area contributed by atoms with Gasteiger partial charge in [0.25, 0.3) is 0 Å². The molecule has 0 aliphatic heterocycles. The summed E-state index contributed by atoms with van der Waals surface area (Å²) in [6.07, 6.45) is 3.73. The van der Waals surface area contributed by atoms with E-state index >= 15 is 0 Å². The van der Waals surface area contributed by atoms with Gasteiger partial charge in [-0.15, -0.1) is 11.3 Å². The number of hydrogen-bond donors (Lipinski definition) is 2. The van der Waals surface area contributed by atoms with Gasteiger partial charge in [0.15, 0.2) is 0 Å². The number of H-pyrrole nitrogens is 1. The van der Waals surface area contributed by atoms with E-state index in [4.69, 9.17) is 0 Å². The van der Waals surface area contributed by atoms with Crippen LogP contribution in [-0.2, 0) is 0 Å². The first-order valence-corrected chi connectivity index (χ1v) is 6.29. The van der Waals surface area contributed by atoms with Gasteiger partial charge in [-0.25, -0.2) is 0 Å². The molecule has 4 nitrogen and oxygen atoms in total. The summed E-state index contributed by atoms with van der Waals surface area (Å²) in [6, 6.07) is 6.37. The Hall–Kier alpha value is -1.88. The Labute approximate surface area is 103 Å². The van der Waals surface area contributed by atoms with Crippen molar-refractivity contribution in [2.24, 2.45) is 0 Å². The molecular weight excluding hydrogens is 232 g/mol. The molecule has 3 rings (SSSR count). The molecule has 3 aromatic rings. The van der Waals surface area contributed by atoms with E-state index < -0.39 is 0 Å². The van der Waals surface area contributed by atoms with Crippen LogP contribution in [0.25, 0.3) is 10.9 Å². The first-order valence-electron chi connectivity index (χ1n) is 5.41. The Kier molecular flexibility index (Phi) is 2.53. The topological polar surface area (TPSA) is 53.6 Å². The van der Waals surface area contributed by atoms with Crippen LogP contribution >= 0.6 is 11.3 Å². The lowest BCUT2D eigenvalue weighted by atomic mass is 10.2. The molecule has 1 unspecified atom stereocenters. The number of nitrogens with zero attached hydrogens (tertiary/aromatic N) is 2. The van der Waals surface area contributed by atoms with Gasteiger partial charge in [-0.2, -0.15) is 5.10 Å². The highest BCUT2D eigenvalue weighted by atomic mass is 32.1. The summed E-state index contributed by atoms with van der Waals surface area (Å²) in [4.78, 5) is 5.32. The highest BCUT2D eigenvalue weighted by molar-refractivity contribution is 7.09. The summed E-state index contributed by atoms with van der Waals surface area (Å²) < 4.78 is 0.